The Morgan fingerprint density at radius 2 is 2.08 bits per heavy atom. The number of hydrogen-bond donors (Lipinski definition) is 1. The molecule has 1 amide bonds. The smallest absolute Gasteiger partial charge is 0.279 e. The fraction of sp³-hybridized carbons (Fsp3) is 0.267. The number of amides is 1. The maximum absolute atomic E-state index is 12.7. The van der Waals surface area contributed by atoms with Crippen LogP contribution in [-0.4, -0.2) is 40.1 Å². The Morgan fingerprint density at radius 3 is 2.72 bits per heavy atom. The standard InChI is InChI=1S/C15H15N5O4S/c1-8-18-19-15(25-8)17-11(21)7-20-14(22)12-9(6-16-20)4-5-10(23-2)13(12)24-3/h4-6H,7H2,1-3H3,(H,17,19,21). The SMILES string of the molecule is COc1ccc2cnn(CC(=O)Nc3nnc(C)s3)c(=O)c2c1OC. The number of fused-ring (bicyclic) bond motifs is 1. The molecule has 0 saturated heterocycles. The molecule has 1 N–H and O–H groups in total. The Labute approximate surface area is 146 Å². The molecule has 0 aliphatic rings. The second-order valence-electron chi connectivity index (χ2n) is 5.05. The maximum Gasteiger partial charge on any atom is 0.279 e. The monoisotopic (exact) mass is 361 g/mol. The van der Waals surface area contributed by atoms with E-state index >= 15 is 0 Å². The molecule has 0 aliphatic heterocycles. The summed E-state index contributed by atoms with van der Waals surface area (Å²) in [4.78, 5) is 24.9. The van der Waals surface area contributed by atoms with Gasteiger partial charge in [-0.15, -0.1) is 10.2 Å². The van der Waals surface area contributed by atoms with Gasteiger partial charge in [-0.1, -0.05) is 11.3 Å². The van der Waals surface area contributed by atoms with Gasteiger partial charge in [0.25, 0.3) is 5.56 Å². The zero-order valence-electron chi connectivity index (χ0n) is 13.8. The third kappa shape index (κ3) is 3.29. The third-order valence-corrected chi connectivity index (χ3v) is 4.18. The lowest BCUT2D eigenvalue weighted by molar-refractivity contribution is -0.117. The molecule has 0 radical (unpaired) electrons. The Bertz CT molecular complexity index is 997. The predicted molar refractivity (Wildman–Crippen MR) is 92.4 cm³/mol. The molecule has 0 bridgehead atoms. The van der Waals surface area contributed by atoms with Gasteiger partial charge in [-0.2, -0.15) is 5.10 Å². The number of ether oxygens (including phenoxy) is 2. The number of rotatable bonds is 5. The largest absolute Gasteiger partial charge is 0.493 e. The van der Waals surface area contributed by atoms with Gasteiger partial charge in [0.05, 0.1) is 25.8 Å². The molecule has 2 aromatic heterocycles. The van der Waals surface area contributed by atoms with E-state index in [0.717, 1.165) is 9.69 Å². The predicted octanol–water partition coefficient (Wildman–Crippen LogP) is 1.21. The van der Waals surface area contributed by atoms with Gasteiger partial charge in [0, 0.05) is 5.39 Å². The van der Waals surface area contributed by atoms with Gasteiger partial charge in [-0.05, 0) is 19.1 Å². The molecule has 25 heavy (non-hydrogen) atoms. The van der Waals surface area contributed by atoms with Crippen LogP contribution in [-0.2, 0) is 11.3 Å². The van der Waals surface area contributed by atoms with Crippen LogP contribution in [0, 0.1) is 6.92 Å². The van der Waals surface area contributed by atoms with E-state index in [-0.39, 0.29) is 6.54 Å². The number of hydrogen-bond acceptors (Lipinski definition) is 8. The molecule has 0 unspecified atom stereocenters. The van der Waals surface area contributed by atoms with E-state index in [9.17, 15) is 9.59 Å². The molecule has 2 heterocycles. The highest BCUT2D eigenvalue weighted by molar-refractivity contribution is 7.15. The first-order valence-electron chi connectivity index (χ1n) is 7.24. The molecule has 0 spiro atoms. The van der Waals surface area contributed by atoms with Gasteiger partial charge in [-0.25, -0.2) is 4.68 Å². The van der Waals surface area contributed by atoms with Crippen molar-refractivity contribution in [2.45, 2.75) is 13.5 Å². The van der Waals surface area contributed by atoms with Crippen molar-refractivity contribution >= 4 is 33.1 Å². The average molecular weight is 361 g/mol. The van der Waals surface area contributed by atoms with E-state index < -0.39 is 11.5 Å². The van der Waals surface area contributed by atoms with Crippen molar-refractivity contribution in [2.75, 3.05) is 19.5 Å². The van der Waals surface area contributed by atoms with E-state index in [2.05, 4.69) is 20.6 Å². The lowest BCUT2D eigenvalue weighted by Gasteiger charge is -2.11. The molecule has 1 aromatic carbocycles. The Hall–Kier alpha value is -3.01. The van der Waals surface area contributed by atoms with Crippen molar-refractivity contribution in [3.05, 3.63) is 33.7 Å². The minimum Gasteiger partial charge on any atom is -0.493 e. The first-order chi connectivity index (χ1) is 12.0. The highest BCUT2D eigenvalue weighted by Crippen LogP contribution is 2.32. The molecule has 0 fully saturated rings. The minimum atomic E-state index is -0.447. The lowest BCUT2D eigenvalue weighted by Crippen LogP contribution is -2.29. The van der Waals surface area contributed by atoms with Crippen LogP contribution in [0.1, 0.15) is 5.01 Å². The van der Waals surface area contributed by atoms with Crippen LogP contribution in [0.15, 0.2) is 23.1 Å². The van der Waals surface area contributed by atoms with Crippen LogP contribution in [0.25, 0.3) is 10.8 Å². The van der Waals surface area contributed by atoms with Gasteiger partial charge in [0.15, 0.2) is 11.5 Å². The number of anilines is 1. The van der Waals surface area contributed by atoms with E-state index in [1.165, 1.54) is 31.8 Å². The van der Waals surface area contributed by atoms with Crippen molar-refractivity contribution in [3.63, 3.8) is 0 Å². The topological polar surface area (TPSA) is 108 Å². The highest BCUT2D eigenvalue weighted by atomic mass is 32.1. The fourth-order valence-corrected chi connectivity index (χ4v) is 2.95. The van der Waals surface area contributed by atoms with E-state index in [4.69, 9.17) is 9.47 Å². The van der Waals surface area contributed by atoms with E-state index in [1.807, 2.05) is 0 Å². The van der Waals surface area contributed by atoms with Gasteiger partial charge >= 0.3 is 0 Å². The van der Waals surface area contributed by atoms with Crippen molar-refractivity contribution in [3.8, 4) is 11.5 Å². The average Bonchev–Trinajstić information content (AvgIpc) is 3.01. The normalized spacial score (nSPS) is 10.7. The second kappa shape index (κ2) is 6.85. The Kier molecular flexibility index (Phi) is 4.61. The summed E-state index contributed by atoms with van der Waals surface area (Å²) in [5.41, 5.74) is -0.447. The summed E-state index contributed by atoms with van der Waals surface area (Å²) in [7, 11) is 2.94. The van der Waals surface area contributed by atoms with Crippen LogP contribution in [0.5, 0.6) is 11.5 Å². The molecule has 0 aliphatic carbocycles. The number of aromatic nitrogens is 4. The molecule has 0 atom stereocenters. The Balaban J connectivity index is 1.95. The maximum atomic E-state index is 12.7. The molecule has 3 aromatic rings. The highest BCUT2D eigenvalue weighted by Gasteiger charge is 2.16. The molecule has 130 valence electrons. The van der Waals surface area contributed by atoms with Crippen molar-refractivity contribution in [1.82, 2.24) is 20.0 Å². The molecule has 3 rings (SSSR count). The third-order valence-electron chi connectivity index (χ3n) is 3.43. The van der Waals surface area contributed by atoms with Crippen molar-refractivity contribution in [2.24, 2.45) is 0 Å². The molecule has 9 nitrogen and oxygen atoms in total. The number of aryl methyl sites for hydroxylation is 1. The number of nitrogens with zero attached hydrogens (tertiary/aromatic N) is 4. The van der Waals surface area contributed by atoms with Gasteiger partial charge in [0.1, 0.15) is 11.6 Å². The van der Waals surface area contributed by atoms with Crippen LogP contribution < -0.4 is 20.3 Å². The van der Waals surface area contributed by atoms with Crippen molar-refractivity contribution in [1.29, 1.82) is 0 Å². The number of carbonyl (C=O) groups excluding carboxylic acids is 1. The number of methoxy groups -OCH3 is 2. The lowest BCUT2D eigenvalue weighted by atomic mass is 10.1. The quantitative estimate of drug-likeness (QED) is 0.727. The zero-order chi connectivity index (χ0) is 18.0. The molecule has 0 saturated carbocycles. The fourth-order valence-electron chi connectivity index (χ4n) is 2.34. The van der Waals surface area contributed by atoms with Gasteiger partial charge < -0.3 is 9.47 Å². The van der Waals surface area contributed by atoms with Crippen LogP contribution in [0.2, 0.25) is 0 Å². The van der Waals surface area contributed by atoms with Crippen LogP contribution >= 0.6 is 11.3 Å². The molecular formula is C15H15N5O4S. The van der Waals surface area contributed by atoms with Gasteiger partial charge in [0.2, 0.25) is 11.0 Å². The summed E-state index contributed by atoms with van der Waals surface area (Å²) in [6.45, 7) is 1.52. The molecule has 10 heteroatoms. The van der Waals surface area contributed by atoms with E-state index in [0.29, 0.717) is 27.4 Å². The summed E-state index contributed by atoms with van der Waals surface area (Å²) < 4.78 is 11.6. The number of carbonyl (C=O) groups is 1. The summed E-state index contributed by atoms with van der Waals surface area (Å²) in [6, 6.07) is 3.40. The summed E-state index contributed by atoms with van der Waals surface area (Å²) in [5, 5.41) is 16.3. The van der Waals surface area contributed by atoms with E-state index in [1.54, 1.807) is 19.1 Å². The van der Waals surface area contributed by atoms with Crippen LogP contribution in [0.3, 0.4) is 0 Å². The number of benzene rings is 1. The van der Waals surface area contributed by atoms with Gasteiger partial charge in [-0.3, -0.25) is 14.9 Å². The summed E-state index contributed by atoms with van der Waals surface area (Å²) >= 11 is 1.25. The molecular weight excluding hydrogens is 346 g/mol. The Morgan fingerprint density at radius 1 is 1.28 bits per heavy atom. The first kappa shape index (κ1) is 16.8. The zero-order valence-corrected chi connectivity index (χ0v) is 14.6. The summed E-state index contributed by atoms with van der Waals surface area (Å²) in [5.74, 6) is 0.312. The second-order valence-corrected chi connectivity index (χ2v) is 6.23. The van der Waals surface area contributed by atoms with Crippen molar-refractivity contribution < 1.29 is 14.3 Å². The van der Waals surface area contributed by atoms with Crippen LogP contribution in [0.4, 0.5) is 5.13 Å². The minimum absolute atomic E-state index is 0.256. The summed E-state index contributed by atoms with van der Waals surface area (Å²) in [6.07, 6.45) is 1.50. The first-order valence-corrected chi connectivity index (χ1v) is 8.06. The number of nitrogens with one attached hydrogen (secondary N) is 1.